The number of carbonyl (C=O) groups excluding carboxylic acids is 1. The molecule has 2 aliphatic heterocycles. The van der Waals surface area contributed by atoms with Crippen molar-refractivity contribution in [1.82, 2.24) is 15.2 Å². The molecule has 1 aromatic carbocycles. The second-order valence-electron chi connectivity index (χ2n) is 7.33. The van der Waals surface area contributed by atoms with Gasteiger partial charge in [0.1, 0.15) is 17.5 Å². The molecule has 5 nitrogen and oxygen atoms in total. The molecular weight excluding hydrogens is 350 g/mol. The van der Waals surface area contributed by atoms with E-state index in [9.17, 15) is 4.79 Å². The first-order valence-electron chi connectivity index (χ1n) is 9.22. The first-order chi connectivity index (χ1) is 12.1. The van der Waals surface area contributed by atoms with E-state index in [2.05, 4.69) is 31.3 Å². The predicted molar refractivity (Wildman–Crippen MR) is 103 cm³/mol. The first-order valence-corrected chi connectivity index (χ1v) is 9.22. The van der Waals surface area contributed by atoms with Crippen molar-refractivity contribution in [2.24, 2.45) is 5.92 Å². The second-order valence-corrected chi connectivity index (χ2v) is 7.33. The standard InChI is InChI=1S/C20H25N3O2.ClH/c1-13(2)18-17(14-7-4-3-5-8-14)22-19(25-18)16-9-6-10-23(16)20(24)15-11-21-12-15;/h3-5,7-8,13,15-16,21H,6,9-12H2,1-2H3;1H. The third-order valence-electron chi connectivity index (χ3n) is 5.19. The van der Waals surface area contributed by atoms with Crippen LogP contribution < -0.4 is 5.32 Å². The fraction of sp³-hybridized carbons (Fsp3) is 0.500. The number of likely N-dealkylation sites (tertiary alicyclic amines) is 1. The SMILES string of the molecule is CC(C)c1oc(C2CCCN2C(=O)C2CNC2)nc1-c1ccccc1.Cl. The van der Waals surface area contributed by atoms with Crippen molar-refractivity contribution in [3.8, 4) is 11.3 Å². The molecule has 26 heavy (non-hydrogen) atoms. The van der Waals surface area contributed by atoms with E-state index in [1.54, 1.807) is 0 Å². The number of benzene rings is 1. The van der Waals surface area contributed by atoms with Crippen molar-refractivity contribution in [3.05, 3.63) is 42.0 Å². The largest absolute Gasteiger partial charge is 0.442 e. The third kappa shape index (κ3) is 3.38. The van der Waals surface area contributed by atoms with Crippen LogP contribution in [-0.2, 0) is 4.79 Å². The summed E-state index contributed by atoms with van der Waals surface area (Å²) in [7, 11) is 0. The molecule has 0 radical (unpaired) electrons. The predicted octanol–water partition coefficient (Wildman–Crippen LogP) is 3.77. The number of halogens is 1. The van der Waals surface area contributed by atoms with Gasteiger partial charge in [-0.3, -0.25) is 4.79 Å². The summed E-state index contributed by atoms with van der Waals surface area (Å²) in [5.41, 5.74) is 1.98. The summed E-state index contributed by atoms with van der Waals surface area (Å²) in [6.45, 7) is 6.63. The molecule has 1 aromatic heterocycles. The number of rotatable bonds is 4. The summed E-state index contributed by atoms with van der Waals surface area (Å²) in [6, 6.07) is 10.1. The number of hydrogen-bond donors (Lipinski definition) is 1. The van der Waals surface area contributed by atoms with Gasteiger partial charge >= 0.3 is 0 Å². The van der Waals surface area contributed by atoms with Gasteiger partial charge in [-0.05, 0) is 12.8 Å². The maximum absolute atomic E-state index is 12.7. The lowest BCUT2D eigenvalue weighted by molar-refractivity contribution is -0.138. The Morgan fingerprint density at radius 1 is 1.27 bits per heavy atom. The molecule has 1 unspecified atom stereocenters. The number of oxazole rings is 1. The van der Waals surface area contributed by atoms with Crippen molar-refractivity contribution in [3.63, 3.8) is 0 Å². The van der Waals surface area contributed by atoms with Gasteiger partial charge in [0.2, 0.25) is 11.8 Å². The Balaban J connectivity index is 0.00000196. The smallest absolute Gasteiger partial charge is 0.228 e. The Hall–Kier alpha value is -1.85. The minimum atomic E-state index is -0.0249. The zero-order chi connectivity index (χ0) is 17.4. The van der Waals surface area contributed by atoms with Crippen molar-refractivity contribution in [2.75, 3.05) is 19.6 Å². The van der Waals surface area contributed by atoms with Crippen LogP contribution in [-0.4, -0.2) is 35.4 Å². The van der Waals surface area contributed by atoms with E-state index >= 15 is 0 Å². The summed E-state index contributed by atoms with van der Waals surface area (Å²) in [4.78, 5) is 19.5. The van der Waals surface area contributed by atoms with Crippen molar-refractivity contribution in [2.45, 2.75) is 38.6 Å². The van der Waals surface area contributed by atoms with Crippen LogP contribution in [0.15, 0.2) is 34.7 Å². The molecule has 0 aliphatic carbocycles. The van der Waals surface area contributed by atoms with E-state index in [0.717, 1.165) is 49.5 Å². The van der Waals surface area contributed by atoms with Crippen LogP contribution in [0.25, 0.3) is 11.3 Å². The van der Waals surface area contributed by atoms with Crippen LogP contribution in [0.4, 0.5) is 0 Å². The maximum atomic E-state index is 12.7. The van der Waals surface area contributed by atoms with Gasteiger partial charge in [0.25, 0.3) is 0 Å². The number of carbonyl (C=O) groups is 1. The van der Waals surface area contributed by atoms with Gasteiger partial charge in [0.15, 0.2) is 0 Å². The van der Waals surface area contributed by atoms with Crippen LogP contribution in [0.5, 0.6) is 0 Å². The van der Waals surface area contributed by atoms with Crippen LogP contribution in [0.2, 0.25) is 0 Å². The van der Waals surface area contributed by atoms with E-state index in [1.165, 1.54) is 0 Å². The normalized spacial score (nSPS) is 20.1. The van der Waals surface area contributed by atoms with Gasteiger partial charge in [-0.2, -0.15) is 0 Å². The molecule has 1 N–H and O–H groups in total. The van der Waals surface area contributed by atoms with E-state index in [4.69, 9.17) is 9.40 Å². The molecular formula is C20H26ClN3O2. The molecule has 2 fully saturated rings. The number of aromatic nitrogens is 1. The molecule has 140 valence electrons. The zero-order valence-electron chi connectivity index (χ0n) is 15.3. The number of nitrogens with zero attached hydrogens (tertiary/aromatic N) is 2. The summed E-state index contributed by atoms with van der Waals surface area (Å²) in [5.74, 6) is 2.21. The highest BCUT2D eigenvalue weighted by molar-refractivity contribution is 5.85. The molecule has 2 aromatic rings. The molecule has 6 heteroatoms. The van der Waals surface area contributed by atoms with Crippen molar-refractivity contribution in [1.29, 1.82) is 0 Å². The van der Waals surface area contributed by atoms with Gasteiger partial charge in [-0.15, -0.1) is 12.4 Å². The zero-order valence-corrected chi connectivity index (χ0v) is 16.1. The summed E-state index contributed by atoms with van der Waals surface area (Å²) in [6.07, 6.45) is 1.94. The Bertz CT molecular complexity index is 756. The van der Waals surface area contributed by atoms with Crippen molar-refractivity contribution < 1.29 is 9.21 Å². The van der Waals surface area contributed by atoms with Gasteiger partial charge in [0.05, 0.1) is 5.92 Å². The van der Waals surface area contributed by atoms with E-state index in [-0.39, 0.29) is 36.2 Å². The Labute approximate surface area is 160 Å². The molecule has 4 rings (SSSR count). The molecule has 2 aliphatic rings. The summed E-state index contributed by atoms with van der Waals surface area (Å²) >= 11 is 0. The second kappa shape index (κ2) is 7.80. The van der Waals surface area contributed by atoms with Gasteiger partial charge in [-0.1, -0.05) is 44.2 Å². The Kier molecular flexibility index (Phi) is 5.68. The maximum Gasteiger partial charge on any atom is 0.228 e. The Morgan fingerprint density at radius 2 is 2.00 bits per heavy atom. The molecule has 1 atom stereocenters. The molecule has 0 spiro atoms. The van der Waals surface area contributed by atoms with Gasteiger partial charge in [0, 0.05) is 31.1 Å². The molecule has 0 bridgehead atoms. The Morgan fingerprint density at radius 3 is 2.62 bits per heavy atom. The van der Waals surface area contributed by atoms with Gasteiger partial charge < -0.3 is 14.6 Å². The minimum absolute atomic E-state index is 0. The number of nitrogens with one attached hydrogen (secondary N) is 1. The molecule has 2 saturated heterocycles. The molecule has 3 heterocycles. The summed E-state index contributed by atoms with van der Waals surface area (Å²) < 4.78 is 6.21. The average Bonchev–Trinajstić information content (AvgIpc) is 3.20. The minimum Gasteiger partial charge on any atom is -0.442 e. The van der Waals surface area contributed by atoms with Gasteiger partial charge in [-0.25, -0.2) is 4.98 Å². The highest BCUT2D eigenvalue weighted by atomic mass is 35.5. The fourth-order valence-electron chi connectivity index (χ4n) is 3.67. The van der Waals surface area contributed by atoms with E-state index in [0.29, 0.717) is 5.89 Å². The highest BCUT2D eigenvalue weighted by Crippen LogP contribution is 2.37. The average molecular weight is 376 g/mol. The third-order valence-corrected chi connectivity index (χ3v) is 5.19. The lowest BCUT2D eigenvalue weighted by Crippen LogP contribution is -2.51. The highest BCUT2D eigenvalue weighted by Gasteiger charge is 2.39. The lowest BCUT2D eigenvalue weighted by atomic mass is 10.0. The summed E-state index contributed by atoms with van der Waals surface area (Å²) in [5, 5.41) is 3.18. The number of hydrogen-bond acceptors (Lipinski definition) is 4. The fourth-order valence-corrected chi connectivity index (χ4v) is 3.67. The van der Waals surface area contributed by atoms with Crippen molar-refractivity contribution >= 4 is 18.3 Å². The van der Waals surface area contributed by atoms with E-state index in [1.807, 2.05) is 23.1 Å². The number of amides is 1. The lowest BCUT2D eigenvalue weighted by Gasteiger charge is -2.32. The van der Waals surface area contributed by atoms with Crippen LogP contribution in [0.1, 0.15) is 50.3 Å². The topological polar surface area (TPSA) is 58.4 Å². The van der Waals surface area contributed by atoms with Crippen LogP contribution >= 0.6 is 12.4 Å². The van der Waals surface area contributed by atoms with Crippen LogP contribution in [0, 0.1) is 5.92 Å². The monoisotopic (exact) mass is 375 g/mol. The molecule has 0 saturated carbocycles. The quantitative estimate of drug-likeness (QED) is 0.883. The molecule has 1 amide bonds. The first kappa shape index (κ1) is 18.9. The van der Waals surface area contributed by atoms with E-state index < -0.39 is 0 Å². The van der Waals surface area contributed by atoms with Crippen LogP contribution in [0.3, 0.4) is 0 Å².